The number of nitriles is 1. The van der Waals surface area contributed by atoms with Crippen molar-refractivity contribution in [1.29, 1.82) is 5.26 Å². The van der Waals surface area contributed by atoms with Gasteiger partial charge in [0.25, 0.3) is 5.91 Å². The molecule has 1 atom stereocenters. The maximum atomic E-state index is 12.4. The van der Waals surface area contributed by atoms with E-state index in [-0.39, 0.29) is 11.4 Å². The third-order valence-corrected chi connectivity index (χ3v) is 3.56. The van der Waals surface area contributed by atoms with Crippen LogP contribution in [0.15, 0.2) is 36.5 Å². The van der Waals surface area contributed by atoms with E-state index in [1.54, 1.807) is 31.2 Å². The molecule has 1 aromatic carbocycles. The van der Waals surface area contributed by atoms with E-state index in [0.717, 1.165) is 0 Å². The second kappa shape index (κ2) is 5.13. The molecule has 22 heavy (non-hydrogen) atoms. The number of ether oxygens (including phenoxy) is 1. The molecule has 6 heteroatoms. The minimum Gasteiger partial charge on any atom is -0.478 e. The quantitative estimate of drug-likeness (QED) is 0.895. The van der Waals surface area contributed by atoms with Crippen LogP contribution in [-0.4, -0.2) is 22.6 Å². The van der Waals surface area contributed by atoms with Gasteiger partial charge in [-0.2, -0.15) is 5.26 Å². The van der Waals surface area contributed by atoms with Gasteiger partial charge in [-0.3, -0.25) is 4.79 Å². The van der Waals surface area contributed by atoms with Crippen LogP contribution >= 0.6 is 0 Å². The maximum absolute atomic E-state index is 12.4. The van der Waals surface area contributed by atoms with Gasteiger partial charge in [0.2, 0.25) is 11.5 Å². The summed E-state index contributed by atoms with van der Waals surface area (Å²) >= 11 is 0. The number of hydrogen-bond donors (Lipinski definition) is 2. The Kier molecular flexibility index (Phi) is 3.28. The Balaban J connectivity index is 2.23. The van der Waals surface area contributed by atoms with E-state index in [2.05, 4.69) is 10.3 Å². The monoisotopic (exact) mass is 295 g/mol. The highest BCUT2D eigenvalue weighted by atomic mass is 16.5. The normalized spacial score (nSPS) is 19.2. The molecule has 2 N–H and O–H groups in total. The molecule has 0 fully saturated rings. The molecule has 0 saturated heterocycles. The first-order chi connectivity index (χ1) is 10.6. The van der Waals surface area contributed by atoms with E-state index in [0.29, 0.717) is 23.4 Å². The van der Waals surface area contributed by atoms with Crippen molar-refractivity contribution in [2.24, 2.45) is 0 Å². The zero-order valence-electron chi connectivity index (χ0n) is 11.8. The largest absolute Gasteiger partial charge is 0.478 e. The molecule has 6 nitrogen and oxygen atoms in total. The lowest BCUT2D eigenvalue weighted by molar-refractivity contribution is -0.129. The van der Waals surface area contributed by atoms with Crippen LogP contribution in [0.5, 0.6) is 5.88 Å². The third kappa shape index (κ3) is 1.91. The minimum atomic E-state index is -1.93. The van der Waals surface area contributed by atoms with E-state index >= 15 is 0 Å². The van der Waals surface area contributed by atoms with E-state index in [9.17, 15) is 9.90 Å². The second-order valence-corrected chi connectivity index (χ2v) is 4.83. The average Bonchev–Trinajstić information content (AvgIpc) is 2.80. The molecule has 2 aromatic rings. The zero-order valence-corrected chi connectivity index (χ0v) is 11.8. The van der Waals surface area contributed by atoms with Crippen molar-refractivity contribution in [3.05, 3.63) is 53.2 Å². The fraction of sp³-hybridized carbons (Fsp3) is 0.188. The lowest BCUT2D eigenvalue weighted by Gasteiger charge is -2.23. The van der Waals surface area contributed by atoms with Crippen LogP contribution in [0.2, 0.25) is 0 Å². The minimum absolute atomic E-state index is 0.192. The van der Waals surface area contributed by atoms with Crippen molar-refractivity contribution in [2.45, 2.75) is 12.5 Å². The van der Waals surface area contributed by atoms with Crippen LogP contribution in [0.25, 0.3) is 0 Å². The molecule has 0 saturated carbocycles. The third-order valence-electron chi connectivity index (χ3n) is 3.56. The number of carbonyl (C=O) groups excluding carboxylic acids is 1. The number of hydrogen-bond acceptors (Lipinski definition) is 5. The summed E-state index contributed by atoms with van der Waals surface area (Å²) in [6, 6.07) is 9.89. The molecule has 1 aromatic heterocycles. The topological polar surface area (TPSA) is 95.2 Å². The van der Waals surface area contributed by atoms with Crippen molar-refractivity contribution in [3.63, 3.8) is 0 Å². The predicted octanol–water partition coefficient (Wildman–Crippen LogP) is 1.54. The van der Waals surface area contributed by atoms with Crippen LogP contribution in [0, 0.1) is 11.3 Å². The van der Waals surface area contributed by atoms with Crippen LogP contribution < -0.4 is 10.1 Å². The molecule has 1 amide bonds. The smallest absolute Gasteiger partial charge is 0.266 e. The van der Waals surface area contributed by atoms with Crippen LogP contribution in [0.1, 0.15) is 23.6 Å². The standard InChI is InChI=1S/C16H13N3O3/c1-2-22-14-11(4-3-7-18-14)16(21)12-8-10(9-17)5-6-13(12)19-15(16)20/h3-8,21H,2H2,1H3,(H,19,20). The van der Waals surface area contributed by atoms with E-state index in [1.165, 1.54) is 12.3 Å². The van der Waals surface area contributed by atoms with Gasteiger partial charge in [-0.25, -0.2) is 4.98 Å². The van der Waals surface area contributed by atoms with Gasteiger partial charge in [0.15, 0.2) is 0 Å². The Morgan fingerprint density at radius 3 is 2.95 bits per heavy atom. The Hall–Kier alpha value is -2.91. The maximum Gasteiger partial charge on any atom is 0.266 e. The molecule has 1 aliphatic heterocycles. The van der Waals surface area contributed by atoms with Crippen LogP contribution in [0.4, 0.5) is 5.69 Å². The van der Waals surface area contributed by atoms with Gasteiger partial charge in [0.1, 0.15) is 0 Å². The number of rotatable bonds is 3. The van der Waals surface area contributed by atoms with Gasteiger partial charge in [-0.1, -0.05) is 0 Å². The molecule has 1 unspecified atom stereocenters. The summed E-state index contributed by atoms with van der Waals surface area (Å²) in [6.07, 6.45) is 1.53. The van der Waals surface area contributed by atoms with Crippen molar-refractivity contribution in [1.82, 2.24) is 4.98 Å². The molecule has 110 valence electrons. The number of carbonyl (C=O) groups is 1. The molecule has 0 aliphatic carbocycles. The predicted molar refractivity (Wildman–Crippen MR) is 78.2 cm³/mol. The number of pyridine rings is 1. The van der Waals surface area contributed by atoms with Gasteiger partial charge in [0.05, 0.1) is 23.8 Å². The highest BCUT2D eigenvalue weighted by Crippen LogP contribution is 2.43. The Morgan fingerprint density at radius 1 is 1.41 bits per heavy atom. The number of aromatic nitrogens is 1. The van der Waals surface area contributed by atoms with Gasteiger partial charge in [-0.05, 0) is 37.3 Å². The first-order valence-electron chi connectivity index (χ1n) is 6.78. The lowest BCUT2D eigenvalue weighted by atomic mass is 9.87. The summed E-state index contributed by atoms with van der Waals surface area (Å²) in [4.78, 5) is 16.5. The Morgan fingerprint density at radius 2 is 2.23 bits per heavy atom. The summed E-state index contributed by atoms with van der Waals surface area (Å²) < 4.78 is 5.42. The van der Waals surface area contributed by atoms with Crippen molar-refractivity contribution < 1.29 is 14.6 Å². The Labute approximate surface area is 127 Å². The summed E-state index contributed by atoms with van der Waals surface area (Å²) in [7, 11) is 0. The van der Waals surface area contributed by atoms with E-state index in [1.807, 2.05) is 6.07 Å². The lowest BCUT2D eigenvalue weighted by Crippen LogP contribution is -2.36. The second-order valence-electron chi connectivity index (χ2n) is 4.83. The fourth-order valence-electron chi connectivity index (χ4n) is 2.54. The number of fused-ring (bicyclic) bond motifs is 1. The van der Waals surface area contributed by atoms with E-state index in [4.69, 9.17) is 10.00 Å². The molecular weight excluding hydrogens is 282 g/mol. The molecule has 1 aliphatic rings. The summed E-state index contributed by atoms with van der Waals surface area (Å²) in [5.41, 5.74) is -0.525. The molecular formula is C16H13N3O3. The van der Waals surface area contributed by atoms with Gasteiger partial charge in [0, 0.05) is 17.4 Å². The molecule has 0 radical (unpaired) electrons. The number of nitrogens with zero attached hydrogens (tertiary/aromatic N) is 2. The number of nitrogens with one attached hydrogen (secondary N) is 1. The molecule has 3 rings (SSSR count). The van der Waals surface area contributed by atoms with Crippen molar-refractivity contribution >= 4 is 11.6 Å². The average molecular weight is 295 g/mol. The number of anilines is 1. The summed E-state index contributed by atoms with van der Waals surface area (Å²) in [5, 5.41) is 22.7. The van der Waals surface area contributed by atoms with Crippen LogP contribution in [-0.2, 0) is 10.4 Å². The first kappa shape index (κ1) is 14.0. The zero-order chi connectivity index (χ0) is 15.7. The van der Waals surface area contributed by atoms with Gasteiger partial charge >= 0.3 is 0 Å². The molecule has 2 heterocycles. The van der Waals surface area contributed by atoms with Crippen molar-refractivity contribution in [2.75, 3.05) is 11.9 Å². The highest BCUT2D eigenvalue weighted by Gasteiger charge is 2.49. The summed E-state index contributed by atoms with van der Waals surface area (Å²) in [6.45, 7) is 2.14. The summed E-state index contributed by atoms with van der Waals surface area (Å²) in [5.74, 6) is -0.399. The number of amides is 1. The number of aliphatic hydroxyl groups is 1. The highest BCUT2D eigenvalue weighted by molar-refractivity contribution is 6.07. The van der Waals surface area contributed by atoms with Crippen LogP contribution in [0.3, 0.4) is 0 Å². The molecule has 0 bridgehead atoms. The first-order valence-corrected chi connectivity index (χ1v) is 6.78. The SMILES string of the molecule is CCOc1ncccc1C1(O)C(=O)Nc2ccc(C#N)cc21. The van der Waals surface area contributed by atoms with Crippen molar-refractivity contribution in [3.8, 4) is 11.9 Å². The van der Waals surface area contributed by atoms with E-state index < -0.39 is 11.5 Å². The molecule has 0 spiro atoms. The fourth-order valence-corrected chi connectivity index (χ4v) is 2.54. The Bertz CT molecular complexity index is 797. The number of benzene rings is 1. The van der Waals surface area contributed by atoms with Gasteiger partial charge in [-0.15, -0.1) is 0 Å². The van der Waals surface area contributed by atoms with Gasteiger partial charge < -0.3 is 15.2 Å².